The highest BCUT2D eigenvalue weighted by molar-refractivity contribution is 7.84. The summed E-state index contributed by atoms with van der Waals surface area (Å²) in [6.45, 7) is 4.53. The van der Waals surface area contributed by atoms with E-state index in [4.69, 9.17) is 0 Å². The molecule has 41 heavy (non-hydrogen) atoms. The lowest BCUT2D eigenvalue weighted by atomic mass is 9.52. The largest absolute Gasteiger partial charge is 0.453 e. The molecule has 1 aromatic carbocycles. The zero-order valence-corrected chi connectivity index (χ0v) is 25.6. The molecule has 0 aromatic heterocycles. The Morgan fingerprint density at radius 3 is 2.29 bits per heavy atom. The highest BCUT2D eigenvalue weighted by Crippen LogP contribution is 2.62. The molecule has 3 aliphatic carbocycles. The number of halogens is 5. The van der Waals surface area contributed by atoms with Crippen LogP contribution in [0.15, 0.2) is 18.2 Å². The molecule has 2 nitrogen and oxygen atoms in total. The second-order valence-electron chi connectivity index (χ2n) is 13.5. The maximum absolute atomic E-state index is 13.0. The summed E-state index contributed by atoms with van der Waals surface area (Å²) in [4.78, 5) is 0. The van der Waals surface area contributed by atoms with Crippen LogP contribution in [0.2, 0.25) is 0 Å². The van der Waals surface area contributed by atoms with E-state index in [1.54, 1.807) is 11.1 Å². The number of hydrogen-bond acceptors (Lipinski definition) is 2. The van der Waals surface area contributed by atoms with Gasteiger partial charge in [0, 0.05) is 28.7 Å². The van der Waals surface area contributed by atoms with Crippen molar-refractivity contribution >= 4 is 10.8 Å². The van der Waals surface area contributed by atoms with Gasteiger partial charge >= 0.3 is 12.1 Å². The zero-order valence-electron chi connectivity index (χ0n) is 24.8. The highest BCUT2D eigenvalue weighted by Gasteiger charge is 2.57. The molecule has 234 valence electrons. The quantitative estimate of drug-likeness (QED) is 0.170. The maximum Gasteiger partial charge on any atom is 0.453 e. The summed E-state index contributed by atoms with van der Waals surface area (Å²) in [6, 6.07) is 7.06. The van der Waals surface area contributed by atoms with E-state index in [1.807, 2.05) is 0 Å². The van der Waals surface area contributed by atoms with Crippen LogP contribution >= 0.6 is 0 Å². The van der Waals surface area contributed by atoms with Crippen LogP contribution in [-0.2, 0) is 17.2 Å². The van der Waals surface area contributed by atoms with Crippen LogP contribution in [0, 0.1) is 30.1 Å². The van der Waals surface area contributed by atoms with Gasteiger partial charge in [-0.2, -0.15) is 22.0 Å². The summed E-state index contributed by atoms with van der Waals surface area (Å²) in [5.41, 5.74) is 4.52. The van der Waals surface area contributed by atoms with Gasteiger partial charge in [-0.1, -0.05) is 69.2 Å². The molecule has 2 fully saturated rings. The molecule has 2 saturated carbocycles. The molecule has 0 bridgehead atoms. The minimum atomic E-state index is -5.53. The van der Waals surface area contributed by atoms with Crippen LogP contribution in [0.4, 0.5) is 22.0 Å². The van der Waals surface area contributed by atoms with E-state index in [-0.39, 0.29) is 23.7 Å². The lowest BCUT2D eigenvalue weighted by Crippen LogP contribution is -2.47. The van der Waals surface area contributed by atoms with Gasteiger partial charge in [0.05, 0.1) is 6.10 Å². The van der Waals surface area contributed by atoms with Crippen LogP contribution in [-0.4, -0.2) is 39.0 Å². The van der Waals surface area contributed by atoms with Gasteiger partial charge in [-0.15, -0.1) is 0 Å². The molecule has 7 atom stereocenters. The van der Waals surface area contributed by atoms with Crippen molar-refractivity contribution in [3.63, 3.8) is 0 Å². The van der Waals surface area contributed by atoms with E-state index in [1.165, 1.54) is 31.2 Å². The number of rotatable bonds is 14. The fourth-order valence-corrected chi connectivity index (χ4v) is 9.62. The van der Waals surface area contributed by atoms with Crippen molar-refractivity contribution in [2.75, 3.05) is 11.5 Å². The topological polar surface area (TPSA) is 37.3 Å². The third-order valence-electron chi connectivity index (χ3n) is 10.7. The monoisotopic (exact) mass is 604 g/mol. The maximum atomic E-state index is 13.0. The van der Waals surface area contributed by atoms with Gasteiger partial charge in [0.1, 0.15) is 0 Å². The molecule has 1 aromatic rings. The molecule has 1 N–H and O–H groups in total. The van der Waals surface area contributed by atoms with Crippen molar-refractivity contribution in [1.29, 1.82) is 0 Å². The first kappa shape index (κ1) is 32.9. The third kappa shape index (κ3) is 7.74. The number of alkyl halides is 5. The minimum absolute atomic E-state index is 0.0689. The molecule has 0 aliphatic heterocycles. The molecule has 0 saturated heterocycles. The Morgan fingerprint density at radius 2 is 1.59 bits per heavy atom. The van der Waals surface area contributed by atoms with Crippen LogP contribution < -0.4 is 0 Å². The lowest BCUT2D eigenvalue weighted by molar-refractivity contribution is -0.284. The van der Waals surface area contributed by atoms with Gasteiger partial charge in [-0.3, -0.25) is 4.21 Å². The molecular formula is C33H49F5O2S. The normalized spacial score (nSPS) is 30.5. The van der Waals surface area contributed by atoms with Gasteiger partial charge in [0.15, 0.2) is 0 Å². The summed E-state index contributed by atoms with van der Waals surface area (Å²) in [5.74, 6) is -1.84. The van der Waals surface area contributed by atoms with Crippen molar-refractivity contribution in [3.8, 4) is 0 Å². The van der Waals surface area contributed by atoms with E-state index in [0.717, 1.165) is 57.8 Å². The Kier molecular flexibility index (Phi) is 11.0. The molecule has 0 spiro atoms. The summed E-state index contributed by atoms with van der Waals surface area (Å²) < 4.78 is 74.6. The highest BCUT2D eigenvalue weighted by atomic mass is 32.2. The van der Waals surface area contributed by atoms with Crippen molar-refractivity contribution in [3.05, 3.63) is 34.9 Å². The first-order valence-corrected chi connectivity index (χ1v) is 17.4. The average molecular weight is 605 g/mol. The Morgan fingerprint density at radius 1 is 0.927 bits per heavy atom. The molecule has 0 amide bonds. The average Bonchev–Trinajstić information content (AvgIpc) is 3.20. The molecule has 8 heteroatoms. The Balaban J connectivity index is 1.15. The first-order valence-electron chi connectivity index (χ1n) is 15.9. The SMILES string of the molecule is Cc1ccc2c(c1)C[C@@H](CCCCCCCCCS(=O)CCCC(F)(F)C(F)(F)F)[C@@H]1C2CC[C@]2(C)[C@@H](O)CC[C@@H]12. The van der Waals surface area contributed by atoms with Gasteiger partial charge < -0.3 is 5.11 Å². The molecule has 0 heterocycles. The summed E-state index contributed by atoms with van der Waals surface area (Å²) in [6.07, 6.45) is 6.78. The molecule has 0 radical (unpaired) electrons. The fourth-order valence-electron chi connectivity index (χ4n) is 8.43. The number of benzene rings is 1. The Bertz CT molecular complexity index is 1030. The van der Waals surface area contributed by atoms with Crippen LogP contribution in [0.25, 0.3) is 0 Å². The standard InChI is InChI=1S/C33H49F5O2S/c1-23-12-13-26-25(21-23)22-24(30-27(26)16-18-31(2)28(30)14-15-29(31)39)11-8-6-4-3-5-7-9-19-41(40)20-10-17-32(34,35)33(36,37)38/h12-13,21,24,27-30,39H,3-11,14-20,22H2,1-2H3/t24-,27?,28+,29+,30-,31+,41?/m1/s1. The molecule has 4 rings (SSSR count). The van der Waals surface area contributed by atoms with Crippen LogP contribution in [0.1, 0.15) is 119 Å². The van der Waals surface area contributed by atoms with Crippen LogP contribution in [0.5, 0.6) is 0 Å². The van der Waals surface area contributed by atoms with Crippen molar-refractivity contribution in [2.24, 2.45) is 23.2 Å². The van der Waals surface area contributed by atoms with E-state index in [2.05, 4.69) is 32.0 Å². The number of aliphatic hydroxyl groups is 1. The van der Waals surface area contributed by atoms with Gasteiger partial charge in [0.25, 0.3) is 0 Å². The zero-order chi connectivity index (χ0) is 29.8. The number of unbranched alkanes of at least 4 members (excludes halogenated alkanes) is 6. The second kappa shape index (κ2) is 13.7. The number of aryl methyl sites for hydroxylation is 1. The fraction of sp³-hybridized carbons (Fsp3) is 0.818. The molecular weight excluding hydrogens is 555 g/mol. The summed E-state index contributed by atoms with van der Waals surface area (Å²) in [5, 5.41) is 10.9. The predicted molar refractivity (Wildman–Crippen MR) is 156 cm³/mol. The van der Waals surface area contributed by atoms with E-state index in [9.17, 15) is 31.3 Å². The van der Waals surface area contributed by atoms with Gasteiger partial charge in [-0.25, -0.2) is 0 Å². The number of fused-ring (bicyclic) bond motifs is 5. The first-order chi connectivity index (χ1) is 19.3. The van der Waals surface area contributed by atoms with Crippen molar-refractivity contribution in [2.45, 2.75) is 134 Å². The molecule has 2 unspecified atom stereocenters. The third-order valence-corrected chi connectivity index (χ3v) is 12.2. The number of hydrogen-bond donors (Lipinski definition) is 1. The summed E-state index contributed by atoms with van der Waals surface area (Å²) >= 11 is 0. The molecule has 3 aliphatic rings. The van der Waals surface area contributed by atoms with Crippen molar-refractivity contribution < 1.29 is 31.3 Å². The smallest absolute Gasteiger partial charge is 0.393 e. The van der Waals surface area contributed by atoms with E-state index in [0.29, 0.717) is 29.4 Å². The predicted octanol–water partition coefficient (Wildman–Crippen LogP) is 9.29. The lowest BCUT2D eigenvalue weighted by Gasteiger charge is -2.53. The van der Waals surface area contributed by atoms with Crippen molar-refractivity contribution in [1.82, 2.24) is 0 Å². The second-order valence-corrected chi connectivity index (χ2v) is 15.2. The van der Waals surface area contributed by atoms with Crippen LogP contribution in [0.3, 0.4) is 0 Å². The minimum Gasteiger partial charge on any atom is -0.393 e. The van der Waals surface area contributed by atoms with E-state index < -0.39 is 29.3 Å². The Labute approximate surface area is 245 Å². The van der Waals surface area contributed by atoms with E-state index >= 15 is 0 Å². The summed E-state index contributed by atoms with van der Waals surface area (Å²) in [7, 11) is -1.34. The number of aliphatic hydroxyl groups excluding tert-OH is 1. The van der Waals surface area contributed by atoms with Gasteiger partial charge in [0.2, 0.25) is 0 Å². The Hall–Kier alpha value is -1.02. The van der Waals surface area contributed by atoms with Gasteiger partial charge in [-0.05, 0) is 98.5 Å².